The lowest BCUT2D eigenvalue weighted by Gasteiger charge is -2.08. The number of alkyl halides is 4. The summed E-state index contributed by atoms with van der Waals surface area (Å²) in [7, 11) is 0. The van der Waals surface area contributed by atoms with Crippen LogP contribution in [0, 0.1) is 17.1 Å². The van der Waals surface area contributed by atoms with E-state index < -0.39 is 11.9 Å². The molecule has 2 aromatic rings. The zero-order valence-electron chi connectivity index (χ0n) is 12.9. The van der Waals surface area contributed by atoms with Gasteiger partial charge in [-0.15, -0.1) is 6.42 Å². The summed E-state index contributed by atoms with van der Waals surface area (Å²) in [4.78, 5) is 19.0. The lowest BCUT2D eigenvalue weighted by Crippen LogP contribution is -2.09. The van der Waals surface area contributed by atoms with E-state index in [1.54, 1.807) is 0 Å². The Balaban J connectivity index is 0.000000773. The number of hydrogen-bond donors (Lipinski definition) is 2. The van der Waals surface area contributed by atoms with Crippen LogP contribution in [0.5, 0.6) is 0 Å². The molecule has 0 radical (unpaired) electrons. The number of pyridine rings is 1. The van der Waals surface area contributed by atoms with Gasteiger partial charge in [0.1, 0.15) is 5.69 Å². The van der Waals surface area contributed by atoms with Gasteiger partial charge in [-0.2, -0.15) is 13.2 Å². The van der Waals surface area contributed by atoms with Crippen molar-refractivity contribution in [3.63, 3.8) is 0 Å². The van der Waals surface area contributed by atoms with E-state index >= 15 is 0 Å². The summed E-state index contributed by atoms with van der Waals surface area (Å²) in [6, 6.07) is 3.41. The summed E-state index contributed by atoms with van der Waals surface area (Å²) >= 11 is 7.66. The number of aromatic nitrogens is 3. The largest absolute Gasteiger partial charge is 0.431 e. The minimum absolute atomic E-state index is 0.0438. The molecule has 2 rings (SSSR count). The average molecular weight is 422 g/mol. The van der Waals surface area contributed by atoms with Crippen LogP contribution in [0.4, 0.5) is 13.2 Å². The SMILES string of the molecule is C#CCBr.CC.O=c1ccc(-c2cc(C(F)(F)F)[nH]c(=S)n2)c[nH]1. The topological polar surface area (TPSA) is 61.5 Å². The van der Waals surface area contributed by atoms with Crippen LogP contribution in [0.2, 0.25) is 0 Å². The summed E-state index contributed by atoms with van der Waals surface area (Å²) in [6.45, 7) is 4.00. The number of nitrogens with one attached hydrogen (secondary N) is 2. The summed E-state index contributed by atoms with van der Waals surface area (Å²) in [5.74, 6) is 2.35. The molecule has 0 spiro atoms. The fourth-order valence-electron chi connectivity index (χ4n) is 1.33. The Morgan fingerprint density at radius 3 is 2.38 bits per heavy atom. The standard InChI is InChI=1S/C10H6F3N3OS.C3H3Br.C2H6/c11-10(12,13)7-3-6(15-9(18)16-7)5-1-2-8(17)14-4-5;1-2-3-4;1-2/h1-4H,(H,14,17)(H,15,16,18);1H,3H2;1-2H3. The fraction of sp³-hybridized carbons (Fsp3) is 0.267. The van der Waals surface area contributed by atoms with Crippen LogP contribution in [0.15, 0.2) is 29.2 Å². The molecule has 2 N–H and O–H groups in total. The molecule has 0 bridgehead atoms. The average Bonchev–Trinajstić information content (AvgIpc) is 2.56. The van der Waals surface area contributed by atoms with Crippen molar-refractivity contribution in [3.8, 4) is 23.6 Å². The first-order chi connectivity index (χ1) is 11.3. The number of nitrogens with zero attached hydrogens (tertiary/aromatic N) is 1. The Kier molecular flexibility index (Phi) is 9.92. The molecule has 9 heteroatoms. The zero-order chi connectivity index (χ0) is 18.8. The first-order valence-electron chi connectivity index (χ1n) is 6.65. The van der Waals surface area contributed by atoms with E-state index in [1.165, 1.54) is 18.3 Å². The molecule has 2 aromatic heterocycles. The van der Waals surface area contributed by atoms with Gasteiger partial charge in [0, 0.05) is 17.8 Å². The van der Waals surface area contributed by atoms with Gasteiger partial charge in [-0.3, -0.25) is 4.79 Å². The van der Waals surface area contributed by atoms with E-state index in [2.05, 4.69) is 44.0 Å². The highest BCUT2D eigenvalue weighted by Crippen LogP contribution is 2.29. The lowest BCUT2D eigenvalue weighted by molar-refractivity contribution is -0.141. The highest BCUT2D eigenvalue weighted by molar-refractivity contribution is 9.09. The summed E-state index contributed by atoms with van der Waals surface area (Å²) in [5, 5.41) is 0.660. The Labute approximate surface area is 150 Å². The smallest absolute Gasteiger partial charge is 0.328 e. The van der Waals surface area contributed by atoms with E-state index in [0.717, 1.165) is 6.07 Å². The van der Waals surface area contributed by atoms with Gasteiger partial charge in [-0.25, -0.2) is 4.98 Å². The maximum Gasteiger partial charge on any atom is 0.431 e. The van der Waals surface area contributed by atoms with Crippen LogP contribution < -0.4 is 5.56 Å². The normalized spacial score (nSPS) is 9.71. The Morgan fingerprint density at radius 2 is 1.96 bits per heavy atom. The predicted molar refractivity (Wildman–Crippen MR) is 94.5 cm³/mol. The van der Waals surface area contributed by atoms with E-state index in [0.29, 0.717) is 10.9 Å². The number of terminal acetylenes is 1. The maximum absolute atomic E-state index is 12.6. The van der Waals surface area contributed by atoms with Crippen LogP contribution >= 0.6 is 28.1 Å². The van der Waals surface area contributed by atoms with Crippen LogP contribution in [-0.4, -0.2) is 20.3 Å². The van der Waals surface area contributed by atoms with Crippen molar-refractivity contribution in [2.24, 2.45) is 0 Å². The molecular weight excluding hydrogens is 407 g/mol. The van der Waals surface area contributed by atoms with E-state index in [9.17, 15) is 18.0 Å². The molecule has 2 heterocycles. The van der Waals surface area contributed by atoms with Gasteiger partial charge in [0.15, 0.2) is 4.77 Å². The van der Waals surface area contributed by atoms with Crippen LogP contribution in [0.3, 0.4) is 0 Å². The summed E-state index contributed by atoms with van der Waals surface area (Å²) < 4.78 is 37.4. The van der Waals surface area contributed by atoms with Crippen molar-refractivity contribution in [1.82, 2.24) is 15.0 Å². The number of hydrogen-bond acceptors (Lipinski definition) is 3. The molecule has 0 aliphatic rings. The molecule has 0 unspecified atom stereocenters. The highest BCUT2D eigenvalue weighted by atomic mass is 79.9. The zero-order valence-corrected chi connectivity index (χ0v) is 15.3. The van der Waals surface area contributed by atoms with Crippen molar-refractivity contribution < 1.29 is 13.2 Å². The molecule has 0 aliphatic heterocycles. The van der Waals surface area contributed by atoms with Crippen LogP contribution in [0.25, 0.3) is 11.3 Å². The molecule has 4 nitrogen and oxygen atoms in total. The fourth-order valence-corrected chi connectivity index (χ4v) is 1.54. The van der Waals surface area contributed by atoms with Crippen molar-refractivity contribution in [2.45, 2.75) is 20.0 Å². The number of H-pyrrole nitrogens is 2. The second-order valence-electron chi connectivity index (χ2n) is 3.76. The van der Waals surface area contributed by atoms with Gasteiger partial charge >= 0.3 is 6.18 Å². The molecule has 0 atom stereocenters. The lowest BCUT2D eigenvalue weighted by atomic mass is 10.2. The first kappa shape index (κ1) is 22.1. The molecule has 0 amide bonds. The van der Waals surface area contributed by atoms with Crippen molar-refractivity contribution in [2.75, 3.05) is 5.33 Å². The van der Waals surface area contributed by atoms with Gasteiger partial charge < -0.3 is 9.97 Å². The molecule has 130 valence electrons. The second-order valence-corrected chi connectivity index (χ2v) is 4.71. The number of halogens is 4. The van der Waals surface area contributed by atoms with Crippen molar-refractivity contribution in [3.05, 3.63) is 45.2 Å². The quantitative estimate of drug-likeness (QED) is 0.403. The van der Waals surface area contributed by atoms with Crippen molar-refractivity contribution in [1.29, 1.82) is 0 Å². The number of aromatic amines is 2. The van der Waals surface area contributed by atoms with Gasteiger partial charge in [0.05, 0.1) is 11.0 Å². The molecule has 0 aliphatic carbocycles. The molecular formula is C15H15BrF3N3OS. The van der Waals surface area contributed by atoms with E-state index in [1.807, 2.05) is 18.8 Å². The third kappa shape index (κ3) is 7.57. The van der Waals surface area contributed by atoms with E-state index in [-0.39, 0.29) is 16.0 Å². The number of rotatable bonds is 1. The van der Waals surface area contributed by atoms with Crippen LogP contribution in [-0.2, 0) is 6.18 Å². The van der Waals surface area contributed by atoms with Crippen LogP contribution in [0.1, 0.15) is 19.5 Å². The minimum Gasteiger partial charge on any atom is -0.328 e. The third-order valence-electron chi connectivity index (χ3n) is 2.21. The highest BCUT2D eigenvalue weighted by Gasteiger charge is 2.32. The molecule has 0 aromatic carbocycles. The predicted octanol–water partition coefficient (Wildman–Crippen LogP) is 4.55. The Hall–Kier alpha value is -1.92. The van der Waals surface area contributed by atoms with Gasteiger partial charge in [-0.1, -0.05) is 35.7 Å². The Bertz CT molecular complexity index is 774. The van der Waals surface area contributed by atoms with Crippen molar-refractivity contribution >= 4 is 28.1 Å². The van der Waals surface area contributed by atoms with Gasteiger partial charge in [0.25, 0.3) is 0 Å². The third-order valence-corrected chi connectivity index (χ3v) is 2.72. The maximum atomic E-state index is 12.6. The van der Waals surface area contributed by atoms with E-state index in [4.69, 9.17) is 6.42 Å². The molecule has 0 saturated heterocycles. The van der Waals surface area contributed by atoms with Gasteiger partial charge in [0.2, 0.25) is 5.56 Å². The molecule has 0 fully saturated rings. The Morgan fingerprint density at radius 1 is 1.38 bits per heavy atom. The summed E-state index contributed by atoms with van der Waals surface area (Å²) in [5.41, 5.74) is -0.942. The first-order valence-corrected chi connectivity index (χ1v) is 8.18. The minimum atomic E-state index is -4.53. The second kappa shape index (κ2) is 10.8. The molecule has 0 saturated carbocycles. The summed E-state index contributed by atoms with van der Waals surface area (Å²) in [6.07, 6.45) is 1.47. The monoisotopic (exact) mass is 421 g/mol. The molecule has 24 heavy (non-hydrogen) atoms. The van der Waals surface area contributed by atoms with Gasteiger partial charge in [-0.05, 0) is 24.4 Å².